The van der Waals surface area contributed by atoms with Gasteiger partial charge in [-0.05, 0) is 54.4 Å². The molecule has 1 aliphatic carbocycles. The number of para-hydroxylation sites is 1. The van der Waals surface area contributed by atoms with Crippen LogP contribution >= 0.6 is 22.9 Å². The quantitative estimate of drug-likeness (QED) is 0.272. The Bertz CT molecular complexity index is 1520. The number of carbonyl (C=O) groups is 2. The summed E-state index contributed by atoms with van der Waals surface area (Å²) in [7, 11) is 1.38. The lowest BCUT2D eigenvalue weighted by Gasteiger charge is -2.33. The van der Waals surface area contributed by atoms with E-state index in [9.17, 15) is 9.59 Å². The lowest BCUT2D eigenvalue weighted by molar-refractivity contribution is 0.0600. The highest BCUT2D eigenvalue weighted by atomic mass is 35.5. The summed E-state index contributed by atoms with van der Waals surface area (Å²) in [6.45, 7) is 6.77. The fraction of sp³-hybridized carbons (Fsp3) is 0.300. The van der Waals surface area contributed by atoms with Gasteiger partial charge in [-0.15, -0.1) is 11.3 Å². The summed E-state index contributed by atoms with van der Waals surface area (Å²) in [5.41, 5.74) is 4.17. The molecule has 0 bridgehead atoms. The second-order valence-corrected chi connectivity index (χ2v) is 12.0. The smallest absolute Gasteiger partial charge is 0.341 e. The lowest BCUT2D eigenvalue weighted by Crippen LogP contribution is -2.26. The van der Waals surface area contributed by atoms with Gasteiger partial charge in [0.1, 0.15) is 5.00 Å². The van der Waals surface area contributed by atoms with Crippen molar-refractivity contribution < 1.29 is 14.3 Å². The molecule has 1 N–H and O–H groups in total. The van der Waals surface area contributed by atoms with Crippen molar-refractivity contribution >= 4 is 50.7 Å². The van der Waals surface area contributed by atoms with E-state index in [-0.39, 0.29) is 11.3 Å². The number of rotatable bonds is 4. The van der Waals surface area contributed by atoms with Gasteiger partial charge in [-0.3, -0.25) is 4.79 Å². The minimum absolute atomic E-state index is 0.168. The number of ether oxygens (including phenoxy) is 1. The molecule has 2 heterocycles. The number of amides is 1. The molecular formula is C30H29ClN2O3S. The van der Waals surface area contributed by atoms with E-state index in [1.54, 1.807) is 12.1 Å². The Morgan fingerprint density at radius 1 is 1.11 bits per heavy atom. The second kappa shape index (κ2) is 9.92. The average Bonchev–Trinajstić information content (AvgIpc) is 3.24. The zero-order valence-electron chi connectivity index (χ0n) is 21.4. The van der Waals surface area contributed by atoms with Crippen LogP contribution in [0.5, 0.6) is 0 Å². The molecule has 1 aliphatic rings. The summed E-state index contributed by atoms with van der Waals surface area (Å²) >= 11 is 7.94. The SMILES string of the molecule is COC(=O)c1c(NC(=O)c2cc(-c3ccccc3Cl)nc3ccccc23)sc2c1CCC(C(C)(C)C)C2. The van der Waals surface area contributed by atoms with Gasteiger partial charge in [0.15, 0.2) is 0 Å². The van der Waals surface area contributed by atoms with Gasteiger partial charge in [-0.2, -0.15) is 0 Å². The zero-order chi connectivity index (χ0) is 26.3. The third-order valence-electron chi connectivity index (χ3n) is 7.22. The highest BCUT2D eigenvalue weighted by molar-refractivity contribution is 7.17. The van der Waals surface area contributed by atoms with E-state index in [4.69, 9.17) is 21.3 Å². The molecule has 0 aliphatic heterocycles. The topological polar surface area (TPSA) is 68.3 Å². The Hall–Kier alpha value is -3.22. The molecule has 0 spiro atoms. The summed E-state index contributed by atoms with van der Waals surface area (Å²) in [5, 5.41) is 4.88. The van der Waals surface area contributed by atoms with Gasteiger partial charge in [-0.1, -0.05) is 68.8 Å². The van der Waals surface area contributed by atoms with Crippen molar-refractivity contribution in [3.05, 3.63) is 81.2 Å². The van der Waals surface area contributed by atoms with E-state index < -0.39 is 5.97 Å². The standard InChI is InChI=1S/C30H29ClN2O3S/c1-30(2,3)17-13-14-20-25(15-17)37-28(26(20)29(35)36-4)33-27(34)21-16-24(19-10-5-7-11-22(19)31)32-23-12-8-6-9-18(21)23/h5-12,16-17H,13-15H2,1-4H3,(H,33,34). The van der Waals surface area contributed by atoms with Crippen LogP contribution in [-0.2, 0) is 17.6 Å². The molecule has 190 valence electrons. The normalized spacial score (nSPS) is 15.3. The molecule has 1 atom stereocenters. The molecular weight excluding hydrogens is 504 g/mol. The van der Waals surface area contributed by atoms with Crippen molar-refractivity contribution in [2.45, 2.75) is 40.0 Å². The van der Waals surface area contributed by atoms with Gasteiger partial charge < -0.3 is 10.1 Å². The van der Waals surface area contributed by atoms with Crippen molar-refractivity contribution in [3.8, 4) is 11.3 Å². The number of benzene rings is 2. The fourth-order valence-corrected chi connectivity index (χ4v) is 6.61. The monoisotopic (exact) mass is 532 g/mol. The maximum absolute atomic E-state index is 13.8. The zero-order valence-corrected chi connectivity index (χ0v) is 22.9. The first-order valence-corrected chi connectivity index (χ1v) is 13.6. The van der Waals surface area contributed by atoms with Crippen molar-refractivity contribution in [2.75, 3.05) is 12.4 Å². The number of halogens is 1. The number of nitrogens with zero attached hydrogens (tertiary/aromatic N) is 1. The maximum Gasteiger partial charge on any atom is 0.341 e. The number of anilines is 1. The Balaban J connectivity index is 1.57. The number of carbonyl (C=O) groups excluding carboxylic acids is 2. The minimum atomic E-state index is -0.418. The Morgan fingerprint density at radius 3 is 2.57 bits per heavy atom. The summed E-state index contributed by atoms with van der Waals surface area (Å²) in [4.78, 5) is 32.6. The molecule has 0 saturated heterocycles. The van der Waals surface area contributed by atoms with Crippen molar-refractivity contribution in [2.24, 2.45) is 11.3 Å². The molecule has 5 rings (SSSR count). The number of hydrogen-bond acceptors (Lipinski definition) is 5. The number of esters is 1. The molecule has 0 radical (unpaired) electrons. The van der Waals surface area contributed by atoms with Crippen LogP contribution in [0.1, 0.15) is 58.3 Å². The number of hydrogen-bond donors (Lipinski definition) is 1. The van der Waals surface area contributed by atoms with E-state index in [1.165, 1.54) is 18.4 Å². The van der Waals surface area contributed by atoms with E-state index in [1.807, 2.05) is 42.5 Å². The average molecular weight is 533 g/mol. The minimum Gasteiger partial charge on any atom is -0.465 e. The highest BCUT2D eigenvalue weighted by Crippen LogP contribution is 2.44. The van der Waals surface area contributed by atoms with Crippen LogP contribution in [0.15, 0.2) is 54.6 Å². The number of nitrogens with one attached hydrogen (secondary N) is 1. The van der Waals surface area contributed by atoms with E-state index >= 15 is 0 Å². The maximum atomic E-state index is 13.8. The molecule has 1 unspecified atom stereocenters. The molecule has 0 fully saturated rings. The molecule has 0 saturated carbocycles. The molecule has 37 heavy (non-hydrogen) atoms. The first kappa shape index (κ1) is 25.4. The molecule has 5 nitrogen and oxygen atoms in total. The predicted octanol–water partition coefficient (Wildman–Crippen LogP) is 7.81. The highest BCUT2D eigenvalue weighted by Gasteiger charge is 2.34. The molecule has 2 aromatic carbocycles. The third-order valence-corrected chi connectivity index (χ3v) is 8.72. The largest absolute Gasteiger partial charge is 0.465 e. The van der Waals surface area contributed by atoms with Crippen LogP contribution < -0.4 is 5.32 Å². The van der Waals surface area contributed by atoms with Crippen molar-refractivity contribution in [3.63, 3.8) is 0 Å². The lowest BCUT2D eigenvalue weighted by atomic mass is 9.72. The number of methoxy groups -OCH3 is 1. The number of pyridine rings is 1. The van der Waals surface area contributed by atoms with E-state index in [0.717, 1.165) is 40.7 Å². The summed E-state index contributed by atoms with van der Waals surface area (Å²) < 4.78 is 5.13. The van der Waals surface area contributed by atoms with Crippen LogP contribution in [-0.4, -0.2) is 24.0 Å². The van der Waals surface area contributed by atoms with Gasteiger partial charge in [0, 0.05) is 20.8 Å². The van der Waals surface area contributed by atoms with Crippen LogP contribution in [0.2, 0.25) is 5.02 Å². The Morgan fingerprint density at radius 2 is 1.84 bits per heavy atom. The van der Waals surface area contributed by atoms with Gasteiger partial charge >= 0.3 is 5.97 Å². The van der Waals surface area contributed by atoms with Gasteiger partial charge in [0.25, 0.3) is 5.91 Å². The molecule has 2 aromatic heterocycles. The second-order valence-electron chi connectivity index (χ2n) is 10.5. The Labute approximate surface area is 225 Å². The van der Waals surface area contributed by atoms with Crippen LogP contribution in [0, 0.1) is 11.3 Å². The predicted molar refractivity (Wildman–Crippen MR) is 151 cm³/mol. The van der Waals surface area contributed by atoms with Gasteiger partial charge in [0.05, 0.1) is 29.4 Å². The fourth-order valence-electron chi connectivity index (χ4n) is 5.07. The first-order chi connectivity index (χ1) is 17.7. The Kier molecular flexibility index (Phi) is 6.82. The van der Waals surface area contributed by atoms with Gasteiger partial charge in [0.2, 0.25) is 0 Å². The molecule has 1 amide bonds. The third kappa shape index (κ3) is 4.88. The molecule has 4 aromatic rings. The summed E-state index contributed by atoms with van der Waals surface area (Å²) in [5.74, 6) is -0.212. The number of thiophene rings is 1. The summed E-state index contributed by atoms with van der Waals surface area (Å²) in [6, 6.07) is 16.7. The number of aromatic nitrogens is 1. The van der Waals surface area contributed by atoms with Crippen LogP contribution in [0.4, 0.5) is 5.00 Å². The summed E-state index contributed by atoms with van der Waals surface area (Å²) in [6.07, 6.45) is 2.68. The van der Waals surface area contributed by atoms with Crippen molar-refractivity contribution in [1.29, 1.82) is 0 Å². The number of fused-ring (bicyclic) bond motifs is 2. The van der Waals surface area contributed by atoms with Crippen LogP contribution in [0.3, 0.4) is 0 Å². The van der Waals surface area contributed by atoms with Crippen molar-refractivity contribution in [1.82, 2.24) is 4.98 Å². The first-order valence-electron chi connectivity index (χ1n) is 12.4. The van der Waals surface area contributed by atoms with Crippen LogP contribution in [0.25, 0.3) is 22.2 Å². The van der Waals surface area contributed by atoms with E-state index in [2.05, 4.69) is 26.1 Å². The van der Waals surface area contributed by atoms with Gasteiger partial charge in [-0.25, -0.2) is 9.78 Å². The van der Waals surface area contributed by atoms with E-state index in [0.29, 0.717) is 38.3 Å². The molecule has 7 heteroatoms.